The van der Waals surface area contributed by atoms with Gasteiger partial charge in [0.25, 0.3) is 0 Å². The number of rotatable bonds is 6. The van der Waals surface area contributed by atoms with Gasteiger partial charge in [0, 0.05) is 6.54 Å². The Morgan fingerprint density at radius 3 is 2.43 bits per heavy atom. The van der Waals surface area contributed by atoms with Gasteiger partial charge in [-0.3, -0.25) is 0 Å². The van der Waals surface area contributed by atoms with E-state index >= 15 is 0 Å². The first kappa shape index (κ1) is 12.7. The van der Waals surface area contributed by atoms with Gasteiger partial charge < -0.3 is 15.7 Å². The van der Waals surface area contributed by atoms with E-state index in [0.29, 0.717) is 13.0 Å². The lowest BCUT2D eigenvalue weighted by molar-refractivity contribution is -0.139. The topological polar surface area (TPSA) is 78.4 Å². The summed E-state index contributed by atoms with van der Waals surface area (Å²) < 4.78 is 0. The van der Waals surface area contributed by atoms with E-state index in [2.05, 4.69) is 10.6 Å². The van der Waals surface area contributed by atoms with E-state index in [9.17, 15) is 9.59 Å². The predicted octanol–water partition coefficient (Wildman–Crippen LogP) is 0.949. The van der Waals surface area contributed by atoms with E-state index in [-0.39, 0.29) is 0 Å². The normalized spacial score (nSPS) is 11.9. The van der Waals surface area contributed by atoms with Crippen LogP contribution in [0.15, 0.2) is 0 Å². The van der Waals surface area contributed by atoms with Crippen LogP contribution in [0.3, 0.4) is 0 Å². The highest BCUT2D eigenvalue weighted by atomic mass is 16.4. The lowest BCUT2D eigenvalue weighted by Crippen LogP contribution is -2.45. The Morgan fingerprint density at radius 1 is 1.36 bits per heavy atom. The molecular weight excluding hydrogens is 184 g/mol. The van der Waals surface area contributed by atoms with Crippen LogP contribution >= 0.6 is 0 Å². The van der Waals surface area contributed by atoms with Gasteiger partial charge in [-0.05, 0) is 13.3 Å². The van der Waals surface area contributed by atoms with Gasteiger partial charge in [-0.2, -0.15) is 0 Å². The smallest absolute Gasteiger partial charge is 0.326 e. The summed E-state index contributed by atoms with van der Waals surface area (Å²) in [5.41, 5.74) is 0. The molecule has 3 N–H and O–H groups in total. The number of carboxylic acids is 1. The van der Waals surface area contributed by atoms with Crippen molar-refractivity contribution in [3.05, 3.63) is 0 Å². The highest BCUT2D eigenvalue weighted by molar-refractivity contribution is 5.82. The number of carbonyl (C=O) groups excluding carboxylic acids is 1. The Bertz CT molecular complexity index is 194. The monoisotopic (exact) mass is 202 g/mol. The molecule has 0 fully saturated rings. The summed E-state index contributed by atoms with van der Waals surface area (Å²) in [6, 6.07) is -1.20. The van der Waals surface area contributed by atoms with Crippen LogP contribution in [0.1, 0.15) is 33.1 Å². The maximum absolute atomic E-state index is 11.0. The van der Waals surface area contributed by atoms with Crippen molar-refractivity contribution in [1.82, 2.24) is 10.6 Å². The molecule has 5 nitrogen and oxygen atoms in total. The Morgan fingerprint density at radius 2 is 2.00 bits per heavy atom. The fourth-order valence-corrected chi connectivity index (χ4v) is 1.04. The molecule has 0 bridgehead atoms. The van der Waals surface area contributed by atoms with Gasteiger partial charge in [-0.15, -0.1) is 0 Å². The molecule has 0 aliphatic rings. The number of urea groups is 1. The van der Waals surface area contributed by atoms with Crippen LogP contribution in [0.4, 0.5) is 4.79 Å². The van der Waals surface area contributed by atoms with Crippen molar-refractivity contribution >= 4 is 12.0 Å². The van der Waals surface area contributed by atoms with Crippen LogP contribution in [0, 0.1) is 0 Å². The van der Waals surface area contributed by atoms with Gasteiger partial charge in [0.2, 0.25) is 0 Å². The molecule has 1 unspecified atom stereocenters. The molecule has 0 spiro atoms. The zero-order chi connectivity index (χ0) is 11.0. The first-order valence-electron chi connectivity index (χ1n) is 4.89. The van der Waals surface area contributed by atoms with Crippen LogP contribution in [-0.2, 0) is 4.79 Å². The van der Waals surface area contributed by atoms with Crippen molar-refractivity contribution in [1.29, 1.82) is 0 Å². The molecule has 1 atom stereocenters. The van der Waals surface area contributed by atoms with Crippen LogP contribution in [0.25, 0.3) is 0 Å². The van der Waals surface area contributed by atoms with E-state index in [4.69, 9.17) is 5.11 Å². The van der Waals surface area contributed by atoms with Crippen molar-refractivity contribution in [2.24, 2.45) is 0 Å². The molecule has 0 aliphatic heterocycles. The Labute approximate surface area is 83.9 Å². The summed E-state index contributed by atoms with van der Waals surface area (Å²) in [5, 5.41) is 13.7. The summed E-state index contributed by atoms with van der Waals surface area (Å²) in [4.78, 5) is 21.7. The second kappa shape index (κ2) is 7.17. The molecule has 0 aromatic rings. The third kappa shape index (κ3) is 5.40. The summed E-state index contributed by atoms with van der Waals surface area (Å²) in [6.07, 6.45) is 2.19. The number of carboxylic acid groups (broad SMARTS) is 1. The average molecular weight is 202 g/mol. The van der Waals surface area contributed by atoms with Crippen molar-refractivity contribution in [3.63, 3.8) is 0 Å². The van der Waals surface area contributed by atoms with Crippen molar-refractivity contribution in [2.75, 3.05) is 6.54 Å². The molecule has 0 rings (SSSR count). The van der Waals surface area contributed by atoms with Gasteiger partial charge in [0.1, 0.15) is 6.04 Å². The molecule has 0 radical (unpaired) electrons. The second-order valence-electron chi connectivity index (χ2n) is 3.04. The van der Waals surface area contributed by atoms with Gasteiger partial charge in [-0.25, -0.2) is 9.59 Å². The summed E-state index contributed by atoms with van der Waals surface area (Å²) in [6.45, 7) is 4.25. The zero-order valence-corrected chi connectivity index (χ0v) is 8.67. The third-order valence-corrected chi connectivity index (χ3v) is 1.79. The van der Waals surface area contributed by atoms with Crippen molar-refractivity contribution < 1.29 is 14.7 Å². The Kier molecular flexibility index (Phi) is 6.53. The molecule has 0 aliphatic carbocycles. The number of carbonyl (C=O) groups is 2. The lowest BCUT2D eigenvalue weighted by atomic mass is 10.1. The number of nitrogens with one attached hydrogen (secondary N) is 2. The molecule has 0 saturated heterocycles. The summed E-state index contributed by atoms with van der Waals surface area (Å²) in [7, 11) is 0. The molecule has 0 heterocycles. The minimum absolute atomic E-state index is 0.420. The second-order valence-corrected chi connectivity index (χ2v) is 3.04. The van der Waals surface area contributed by atoms with Crippen LogP contribution in [0.2, 0.25) is 0 Å². The molecule has 14 heavy (non-hydrogen) atoms. The van der Waals surface area contributed by atoms with Crippen LogP contribution in [0.5, 0.6) is 0 Å². The molecule has 2 amide bonds. The number of aliphatic carboxylic acids is 1. The average Bonchev–Trinajstić information content (AvgIpc) is 2.12. The molecule has 0 saturated carbocycles. The number of hydrogen-bond donors (Lipinski definition) is 3. The van der Waals surface area contributed by atoms with Gasteiger partial charge in [0.15, 0.2) is 0 Å². The van der Waals surface area contributed by atoms with Gasteiger partial charge in [0.05, 0.1) is 0 Å². The Balaban J connectivity index is 3.95. The lowest BCUT2D eigenvalue weighted by Gasteiger charge is -2.13. The minimum Gasteiger partial charge on any atom is -0.480 e. The van der Waals surface area contributed by atoms with E-state index in [1.54, 1.807) is 6.92 Å². The van der Waals surface area contributed by atoms with Crippen LogP contribution < -0.4 is 10.6 Å². The quantitative estimate of drug-likeness (QED) is 0.600. The van der Waals surface area contributed by atoms with Gasteiger partial charge >= 0.3 is 12.0 Å². The summed E-state index contributed by atoms with van der Waals surface area (Å²) >= 11 is 0. The standard InChI is InChI=1S/C9H18N2O3/c1-3-5-6-7(8(12)13)11-9(14)10-4-2/h7H,3-6H2,1-2H3,(H,12,13)(H2,10,11,14). The molecule has 5 heteroatoms. The van der Waals surface area contributed by atoms with E-state index < -0.39 is 18.0 Å². The van der Waals surface area contributed by atoms with Crippen molar-refractivity contribution in [2.45, 2.75) is 39.2 Å². The number of hydrogen-bond acceptors (Lipinski definition) is 2. The molecule has 0 aromatic carbocycles. The first-order valence-corrected chi connectivity index (χ1v) is 4.89. The van der Waals surface area contributed by atoms with E-state index in [1.165, 1.54) is 0 Å². The third-order valence-electron chi connectivity index (χ3n) is 1.79. The first-order chi connectivity index (χ1) is 6.61. The van der Waals surface area contributed by atoms with Crippen molar-refractivity contribution in [3.8, 4) is 0 Å². The largest absolute Gasteiger partial charge is 0.480 e. The Hall–Kier alpha value is -1.26. The molecule has 0 aromatic heterocycles. The SMILES string of the molecule is CCCCC(NC(=O)NCC)C(=O)O. The van der Waals surface area contributed by atoms with Crippen LogP contribution in [-0.4, -0.2) is 29.7 Å². The highest BCUT2D eigenvalue weighted by Crippen LogP contribution is 2.00. The van der Waals surface area contributed by atoms with E-state index in [1.807, 2.05) is 6.92 Å². The fraction of sp³-hybridized carbons (Fsp3) is 0.778. The number of unbranched alkanes of at least 4 members (excludes halogenated alkanes) is 1. The molecular formula is C9H18N2O3. The highest BCUT2D eigenvalue weighted by Gasteiger charge is 2.18. The maximum atomic E-state index is 11.0. The predicted molar refractivity (Wildman–Crippen MR) is 53.2 cm³/mol. The minimum atomic E-state index is -0.982. The summed E-state index contributed by atoms with van der Waals surface area (Å²) in [5.74, 6) is -0.982. The van der Waals surface area contributed by atoms with E-state index in [0.717, 1.165) is 12.8 Å². The zero-order valence-electron chi connectivity index (χ0n) is 8.67. The number of amides is 2. The maximum Gasteiger partial charge on any atom is 0.326 e. The fourth-order valence-electron chi connectivity index (χ4n) is 1.04. The van der Waals surface area contributed by atoms with Gasteiger partial charge in [-0.1, -0.05) is 19.8 Å². The molecule has 82 valence electrons.